The molecule has 1 heterocycles. The lowest BCUT2D eigenvalue weighted by atomic mass is 10.0. The van der Waals surface area contributed by atoms with Crippen molar-refractivity contribution in [2.24, 2.45) is 0 Å². The molecule has 29 heavy (non-hydrogen) atoms. The van der Waals surface area contributed by atoms with Gasteiger partial charge in [-0.2, -0.15) is 0 Å². The van der Waals surface area contributed by atoms with E-state index in [9.17, 15) is 0 Å². The molecule has 0 bridgehead atoms. The molecule has 0 fully saturated rings. The van der Waals surface area contributed by atoms with E-state index in [0.717, 1.165) is 68.5 Å². The maximum absolute atomic E-state index is 6.15. The van der Waals surface area contributed by atoms with Crippen LogP contribution in [0.4, 0.5) is 0 Å². The SMILES string of the molecule is CCCCc1[c]c2c(-c3cc(I)c(OCCN(CC)CC)c(I)c3)cccc2o1. The minimum absolute atomic E-state index is 0.707. The molecule has 0 aliphatic rings. The average molecular weight is 616 g/mol. The van der Waals surface area contributed by atoms with Gasteiger partial charge in [-0.05, 0) is 94.0 Å². The highest BCUT2D eigenvalue weighted by Gasteiger charge is 2.14. The number of unbranched alkanes of at least 4 members (excludes halogenated alkanes) is 1. The third-order valence-corrected chi connectivity index (χ3v) is 6.74. The predicted octanol–water partition coefficient (Wildman–Crippen LogP) is 7.17. The molecule has 0 aliphatic carbocycles. The predicted molar refractivity (Wildman–Crippen MR) is 138 cm³/mol. The van der Waals surface area contributed by atoms with Crippen LogP contribution < -0.4 is 4.74 Å². The van der Waals surface area contributed by atoms with Crippen LogP contribution in [-0.2, 0) is 6.42 Å². The van der Waals surface area contributed by atoms with Gasteiger partial charge in [0, 0.05) is 24.4 Å². The van der Waals surface area contributed by atoms with Crippen LogP contribution in [0.5, 0.6) is 5.75 Å². The summed E-state index contributed by atoms with van der Waals surface area (Å²) in [7, 11) is 0. The fourth-order valence-electron chi connectivity index (χ4n) is 3.40. The Balaban J connectivity index is 1.85. The highest BCUT2D eigenvalue weighted by atomic mass is 127. The molecule has 0 saturated heterocycles. The van der Waals surface area contributed by atoms with Crippen LogP contribution in [0.15, 0.2) is 34.7 Å². The smallest absolute Gasteiger partial charge is 0.146 e. The van der Waals surface area contributed by atoms with Crippen molar-refractivity contribution in [3.05, 3.63) is 49.3 Å². The number of fused-ring (bicyclic) bond motifs is 1. The summed E-state index contributed by atoms with van der Waals surface area (Å²) in [6, 6.07) is 14.2. The van der Waals surface area contributed by atoms with E-state index in [1.54, 1.807) is 0 Å². The summed E-state index contributed by atoms with van der Waals surface area (Å²) in [6.45, 7) is 10.3. The molecule has 0 unspecified atom stereocenters. The lowest BCUT2D eigenvalue weighted by Crippen LogP contribution is -2.28. The van der Waals surface area contributed by atoms with Crippen molar-refractivity contribution >= 4 is 56.2 Å². The number of benzene rings is 2. The Hall–Kier alpha value is -0.800. The number of likely N-dealkylation sites (N-methyl/N-ethyl adjacent to an activating group) is 1. The Morgan fingerprint density at radius 2 is 1.79 bits per heavy atom. The van der Waals surface area contributed by atoms with E-state index >= 15 is 0 Å². The van der Waals surface area contributed by atoms with Crippen molar-refractivity contribution in [3.63, 3.8) is 0 Å². The van der Waals surface area contributed by atoms with Crippen molar-refractivity contribution in [1.82, 2.24) is 4.90 Å². The molecule has 0 saturated carbocycles. The van der Waals surface area contributed by atoms with E-state index in [2.05, 4.69) is 101 Å². The van der Waals surface area contributed by atoms with E-state index in [0.29, 0.717) is 6.61 Å². The van der Waals surface area contributed by atoms with Gasteiger partial charge >= 0.3 is 0 Å². The van der Waals surface area contributed by atoms with Gasteiger partial charge in [0.25, 0.3) is 0 Å². The first-order valence-corrected chi connectivity index (χ1v) is 12.5. The van der Waals surface area contributed by atoms with Gasteiger partial charge in [0.1, 0.15) is 23.7 Å². The molecule has 1 aromatic heterocycles. The number of rotatable bonds is 10. The number of nitrogens with zero attached hydrogens (tertiary/aromatic N) is 1. The molecule has 0 amide bonds. The van der Waals surface area contributed by atoms with Crippen molar-refractivity contribution in [1.29, 1.82) is 0 Å². The molecule has 3 nitrogen and oxygen atoms in total. The maximum Gasteiger partial charge on any atom is 0.146 e. The zero-order valence-corrected chi connectivity index (χ0v) is 21.7. The Labute approximate surface area is 201 Å². The van der Waals surface area contributed by atoms with Crippen molar-refractivity contribution in [2.45, 2.75) is 40.0 Å². The number of furan rings is 1. The molecule has 3 rings (SSSR count). The summed E-state index contributed by atoms with van der Waals surface area (Å²) < 4.78 is 14.4. The standard InChI is InChI=1S/C24H28I2NO2/c1-4-7-9-18-16-20-19(10-8-11-23(20)29-18)17-14-21(25)24(22(26)15-17)28-13-12-27(5-2)6-3/h8,10-11,14-15H,4-7,9,12-13H2,1-3H3. The van der Waals surface area contributed by atoms with Crippen LogP contribution >= 0.6 is 45.2 Å². The van der Waals surface area contributed by atoms with Crippen LogP contribution in [0.25, 0.3) is 22.1 Å². The molecule has 3 aromatic rings. The van der Waals surface area contributed by atoms with Gasteiger partial charge in [-0.3, -0.25) is 0 Å². The average Bonchev–Trinajstić information content (AvgIpc) is 3.14. The summed E-state index contributed by atoms with van der Waals surface area (Å²) in [6.07, 6.45) is 3.23. The molecular formula is C24H28I2NO2. The zero-order chi connectivity index (χ0) is 20.8. The summed E-state index contributed by atoms with van der Waals surface area (Å²) in [5.41, 5.74) is 3.26. The van der Waals surface area contributed by atoms with Gasteiger partial charge in [0.15, 0.2) is 0 Å². The second kappa shape index (κ2) is 11.0. The first-order valence-electron chi connectivity index (χ1n) is 10.4. The van der Waals surface area contributed by atoms with Crippen LogP contribution in [-0.4, -0.2) is 31.1 Å². The third-order valence-electron chi connectivity index (χ3n) is 5.14. The molecule has 155 valence electrons. The summed E-state index contributed by atoms with van der Waals surface area (Å²) in [4.78, 5) is 2.37. The first-order chi connectivity index (χ1) is 14.1. The van der Waals surface area contributed by atoms with Crippen LogP contribution in [0.1, 0.15) is 39.4 Å². The highest BCUT2D eigenvalue weighted by molar-refractivity contribution is 14.1. The molecule has 0 atom stereocenters. The lowest BCUT2D eigenvalue weighted by molar-refractivity contribution is 0.221. The molecular weight excluding hydrogens is 588 g/mol. The van der Waals surface area contributed by atoms with Gasteiger partial charge in [0.2, 0.25) is 0 Å². The zero-order valence-electron chi connectivity index (χ0n) is 17.4. The molecule has 0 aliphatic heterocycles. The molecule has 1 radical (unpaired) electrons. The second-order valence-electron chi connectivity index (χ2n) is 7.08. The monoisotopic (exact) mass is 616 g/mol. The van der Waals surface area contributed by atoms with E-state index < -0.39 is 0 Å². The van der Waals surface area contributed by atoms with Crippen LogP contribution in [0.3, 0.4) is 0 Å². The van der Waals surface area contributed by atoms with E-state index in [1.807, 2.05) is 6.07 Å². The number of hydrogen-bond donors (Lipinski definition) is 0. The Morgan fingerprint density at radius 1 is 1.07 bits per heavy atom. The van der Waals surface area contributed by atoms with Crippen LogP contribution in [0.2, 0.25) is 0 Å². The highest BCUT2D eigenvalue weighted by Crippen LogP contribution is 2.36. The number of halogens is 2. The topological polar surface area (TPSA) is 25.6 Å². The van der Waals surface area contributed by atoms with Crippen molar-refractivity contribution in [2.75, 3.05) is 26.2 Å². The minimum Gasteiger partial charge on any atom is -0.490 e. The fourth-order valence-corrected chi connectivity index (χ4v) is 5.48. The summed E-state index contributed by atoms with van der Waals surface area (Å²) in [5, 5.41) is 1.07. The van der Waals surface area contributed by atoms with E-state index in [-0.39, 0.29) is 0 Å². The summed E-state index contributed by atoms with van der Waals surface area (Å²) in [5.74, 6) is 1.93. The largest absolute Gasteiger partial charge is 0.490 e. The number of aryl methyl sites for hydroxylation is 1. The van der Waals surface area contributed by atoms with E-state index in [1.165, 1.54) is 11.1 Å². The second-order valence-corrected chi connectivity index (χ2v) is 9.40. The molecule has 0 N–H and O–H groups in total. The Bertz CT molecular complexity index is 924. The van der Waals surface area contributed by atoms with Gasteiger partial charge in [0.05, 0.1) is 7.14 Å². The molecule has 5 heteroatoms. The van der Waals surface area contributed by atoms with Crippen molar-refractivity contribution in [3.8, 4) is 16.9 Å². The van der Waals surface area contributed by atoms with Gasteiger partial charge in [-0.15, -0.1) is 0 Å². The lowest BCUT2D eigenvalue weighted by Gasteiger charge is -2.19. The summed E-state index contributed by atoms with van der Waals surface area (Å²) >= 11 is 4.77. The number of ether oxygens (including phenoxy) is 1. The molecule has 2 aromatic carbocycles. The third kappa shape index (κ3) is 5.67. The molecule has 0 spiro atoms. The quantitative estimate of drug-likeness (QED) is 0.226. The van der Waals surface area contributed by atoms with Gasteiger partial charge < -0.3 is 14.1 Å². The van der Waals surface area contributed by atoms with Crippen molar-refractivity contribution < 1.29 is 9.15 Å². The minimum atomic E-state index is 0.707. The van der Waals surface area contributed by atoms with Crippen LogP contribution in [0, 0.1) is 13.2 Å². The fraction of sp³-hybridized carbons (Fsp3) is 0.417. The first kappa shape index (κ1) is 22.9. The van der Waals surface area contributed by atoms with Gasteiger partial charge in [-0.1, -0.05) is 39.3 Å². The number of hydrogen-bond acceptors (Lipinski definition) is 3. The van der Waals surface area contributed by atoms with E-state index in [4.69, 9.17) is 9.15 Å². The Kier molecular flexibility index (Phi) is 8.68. The Morgan fingerprint density at radius 3 is 2.45 bits per heavy atom. The maximum atomic E-state index is 6.15. The van der Waals surface area contributed by atoms with Gasteiger partial charge in [-0.25, -0.2) is 0 Å². The normalized spacial score (nSPS) is 11.5.